The first-order valence-corrected chi connectivity index (χ1v) is 9.36. The molecule has 7 heteroatoms. The van der Waals surface area contributed by atoms with Crippen molar-refractivity contribution in [2.24, 2.45) is 5.92 Å². The molecule has 7 nitrogen and oxygen atoms in total. The predicted octanol–water partition coefficient (Wildman–Crippen LogP) is 2.61. The molecule has 1 amide bonds. The second-order valence-electron chi connectivity index (χ2n) is 7.35. The van der Waals surface area contributed by atoms with Gasteiger partial charge in [0.1, 0.15) is 0 Å². The Morgan fingerprint density at radius 3 is 2.48 bits per heavy atom. The van der Waals surface area contributed by atoms with E-state index in [9.17, 15) is 9.59 Å². The number of hydrogen-bond donors (Lipinski definition) is 0. The molecular weight excluding hydrogens is 368 g/mol. The van der Waals surface area contributed by atoms with Crippen LogP contribution in [0.15, 0.2) is 48.9 Å². The summed E-state index contributed by atoms with van der Waals surface area (Å²) >= 11 is 0. The number of ether oxygens (including phenoxy) is 1. The maximum absolute atomic E-state index is 12.1. The number of nitrogens with zero attached hydrogens (tertiary/aromatic N) is 4. The molecule has 0 spiro atoms. The summed E-state index contributed by atoms with van der Waals surface area (Å²) in [4.78, 5) is 36.4. The molecule has 1 aromatic carbocycles. The first-order chi connectivity index (χ1) is 14.0. The molecule has 0 unspecified atom stereocenters. The lowest BCUT2D eigenvalue weighted by Gasteiger charge is -2.40. The Labute approximate surface area is 168 Å². The molecule has 1 aliphatic heterocycles. The Morgan fingerprint density at radius 2 is 1.83 bits per heavy atom. The van der Waals surface area contributed by atoms with Crippen LogP contribution in [-0.2, 0) is 9.53 Å². The Morgan fingerprint density at radius 1 is 1.10 bits per heavy atom. The van der Waals surface area contributed by atoms with E-state index in [0.29, 0.717) is 18.7 Å². The Bertz CT molecular complexity index is 1070. The van der Waals surface area contributed by atoms with Gasteiger partial charge in [-0.25, -0.2) is 4.79 Å². The second-order valence-corrected chi connectivity index (χ2v) is 7.35. The van der Waals surface area contributed by atoms with Crippen molar-refractivity contribution in [3.8, 4) is 11.1 Å². The third-order valence-electron chi connectivity index (χ3n) is 5.25. The third kappa shape index (κ3) is 3.51. The van der Waals surface area contributed by atoms with Gasteiger partial charge in [0, 0.05) is 44.3 Å². The fraction of sp³-hybridized carbons (Fsp3) is 0.273. The van der Waals surface area contributed by atoms with E-state index in [-0.39, 0.29) is 17.8 Å². The zero-order chi connectivity index (χ0) is 20.5. The van der Waals surface area contributed by atoms with Crippen molar-refractivity contribution in [2.75, 3.05) is 39.2 Å². The molecule has 0 N–H and O–H groups in total. The number of carbonyl (C=O) groups excluding carboxylic acids is 2. The van der Waals surface area contributed by atoms with E-state index in [1.54, 1.807) is 43.5 Å². The van der Waals surface area contributed by atoms with Crippen LogP contribution in [0.3, 0.4) is 0 Å². The van der Waals surface area contributed by atoms with Gasteiger partial charge in [0.05, 0.1) is 42.2 Å². The summed E-state index contributed by atoms with van der Waals surface area (Å²) in [7, 11) is 4.94. The lowest BCUT2D eigenvalue weighted by atomic mass is 9.97. The molecule has 1 aliphatic rings. The minimum absolute atomic E-state index is 0.0310. The van der Waals surface area contributed by atoms with Crippen molar-refractivity contribution in [3.05, 3.63) is 54.5 Å². The van der Waals surface area contributed by atoms with E-state index in [4.69, 9.17) is 4.74 Å². The van der Waals surface area contributed by atoms with Gasteiger partial charge in [-0.15, -0.1) is 0 Å². The van der Waals surface area contributed by atoms with E-state index >= 15 is 0 Å². The van der Waals surface area contributed by atoms with E-state index < -0.39 is 0 Å². The van der Waals surface area contributed by atoms with Gasteiger partial charge >= 0.3 is 5.97 Å². The Hall–Kier alpha value is -3.48. The smallest absolute Gasteiger partial charge is 0.337 e. The largest absolute Gasteiger partial charge is 0.465 e. The molecule has 148 valence electrons. The van der Waals surface area contributed by atoms with Gasteiger partial charge in [0.25, 0.3) is 0 Å². The van der Waals surface area contributed by atoms with Crippen molar-refractivity contribution in [1.29, 1.82) is 0 Å². The molecule has 0 bridgehead atoms. The Kier molecular flexibility index (Phi) is 4.88. The maximum Gasteiger partial charge on any atom is 0.337 e. The summed E-state index contributed by atoms with van der Waals surface area (Å²) in [6.07, 6.45) is 5.36. The van der Waals surface area contributed by atoms with E-state index in [1.807, 2.05) is 18.3 Å². The number of amides is 1. The minimum atomic E-state index is -0.365. The van der Waals surface area contributed by atoms with Crippen LogP contribution in [0, 0.1) is 5.92 Å². The molecule has 1 fully saturated rings. The van der Waals surface area contributed by atoms with Gasteiger partial charge in [-0.2, -0.15) is 0 Å². The zero-order valence-corrected chi connectivity index (χ0v) is 16.6. The summed E-state index contributed by atoms with van der Waals surface area (Å²) in [6.45, 7) is 1.39. The number of benzene rings is 1. The van der Waals surface area contributed by atoms with Crippen LogP contribution >= 0.6 is 0 Å². The van der Waals surface area contributed by atoms with Gasteiger partial charge in [-0.1, -0.05) is 12.1 Å². The van der Waals surface area contributed by atoms with E-state index in [2.05, 4.69) is 20.9 Å². The number of carbonyl (C=O) groups is 2. The normalized spacial score (nSPS) is 13.8. The standard InChI is InChI=1S/C22H22N4O3/c1-25(2)21(27)16-12-26(13-16)17-8-18-19(10-23-11-20(18)24-9-17)14-4-6-15(7-5-14)22(28)29-3/h4-11,16H,12-13H2,1-3H3. The predicted molar refractivity (Wildman–Crippen MR) is 111 cm³/mol. The minimum Gasteiger partial charge on any atom is -0.465 e. The van der Waals surface area contributed by atoms with Crippen molar-refractivity contribution >= 4 is 28.5 Å². The van der Waals surface area contributed by atoms with Crippen molar-refractivity contribution in [2.45, 2.75) is 0 Å². The lowest BCUT2D eigenvalue weighted by Crippen LogP contribution is -2.53. The van der Waals surface area contributed by atoms with E-state index in [1.165, 1.54) is 7.11 Å². The topological polar surface area (TPSA) is 75.6 Å². The SMILES string of the molecule is COC(=O)c1ccc(-c2cncc3ncc(N4CC(C(=O)N(C)C)C4)cc23)cc1. The molecule has 3 aromatic rings. The molecule has 0 saturated carbocycles. The molecule has 2 aromatic heterocycles. The molecule has 0 aliphatic carbocycles. The summed E-state index contributed by atoms with van der Waals surface area (Å²) in [5, 5.41) is 0.978. The van der Waals surface area contributed by atoms with Crippen molar-refractivity contribution < 1.29 is 14.3 Å². The van der Waals surface area contributed by atoms with E-state index in [0.717, 1.165) is 27.7 Å². The Balaban J connectivity index is 1.64. The number of methoxy groups -OCH3 is 1. The number of rotatable bonds is 4. The quantitative estimate of drug-likeness (QED) is 0.638. The molecule has 3 heterocycles. The molecule has 0 atom stereocenters. The third-order valence-corrected chi connectivity index (χ3v) is 5.25. The van der Waals surface area contributed by atoms with Crippen LogP contribution < -0.4 is 4.90 Å². The number of pyridine rings is 2. The summed E-state index contributed by atoms with van der Waals surface area (Å²) in [5.74, 6) is -0.176. The highest BCUT2D eigenvalue weighted by Gasteiger charge is 2.34. The maximum atomic E-state index is 12.1. The molecule has 4 rings (SSSR count). The number of hydrogen-bond acceptors (Lipinski definition) is 6. The first-order valence-electron chi connectivity index (χ1n) is 9.36. The van der Waals surface area contributed by atoms with Crippen LogP contribution in [0.25, 0.3) is 22.0 Å². The van der Waals surface area contributed by atoms with Crippen LogP contribution in [0.1, 0.15) is 10.4 Å². The molecule has 0 radical (unpaired) electrons. The monoisotopic (exact) mass is 390 g/mol. The lowest BCUT2D eigenvalue weighted by molar-refractivity contribution is -0.133. The van der Waals surface area contributed by atoms with Crippen LogP contribution in [0.5, 0.6) is 0 Å². The summed E-state index contributed by atoms with van der Waals surface area (Å²) < 4.78 is 4.76. The number of anilines is 1. The molecule has 1 saturated heterocycles. The fourth-order valence-corrected chi connectivity index (χ4v) is 3.55. The van der Waals surface area contributed by atoms with Gasteiger partial charge in [-0.05, 0) is 23.8 Å². The van der Waals surface area contributed by atoms with Crippen molar-refractivity contribution in [3.63, 3.8) is 0 Å². The summed E-state index contributed by atoms with van der Waals surface area (Å²) in [6, 6.07) is 9.33. The fourth-order valence-electron chi connectivity index (χ4n) is 3.55. The molecule has 29 heavy (non-hydrogen) atoms. The van der Waals surface area contributed by atoms with Gasteiger partial charge in [-0.3, -0.25) is 14.8 Å². The van der Waals surface area contributed by atoms with Gasteiger partial charge in [0.15, 0.2) is 0 Å². The van der Waals surface area contributed by atoms with Crippen molar-refractivity contribution in [1.82, 2.24) is 14.9 Å². The highest BCUT2D eigenvalue weighted by molar-refractivity contribution is 5.96. The molecular formula is C22H22N4O3. The number of esters is 1. The zero-order valence-electron chi connectivity index (χ0n) is 16.6. The van der Waals surface area contributed by atoms with Gasteiger partial charge < -0.3 is 14.5 Å². The van der Waals surface area contributed by atoms with Crippen LogP contribution in [0.4, 0.5) is 5.69 Å². The average molecular weight is 390 g/mol. The summed E-state index contributed by atoms with van der Waals surface area (Å²) in [5.41, 5.74) is 4.16. The van der Waals surface area contributed by atoms with Gasteiger partial charge in [0.2, 0.25) is 5.91 Å². The number of aromatic nitrogens is 2. The van der Waals surface area contributed by atoms with Crippen LogP contribution in [0.2, 0.25) is 0 Å². The number of fused-ring (bicyclic) bond motifs is 1. The first kappa shape index (κ1) is 18.9. The average Bonchev–Trinajstić information content (AvgIpc) is 2.71. The highest BCUT2D eigenvalue weighted by atomic mass is 16.5. The second kappa shape index (κ2) is 7.50. The highest BCUT2D eigenvalue weighted by Crippen LogP contribution is 2.32. The van der Waals surface area contributed by atoms with Crippen LogP contribution in [-0.4, -0.2) is 61.0 Å².